The number of fused-ring (bicyclic) bond motifs is 1. The van der Waals surface area contributed by atoms with E-state index in [1.165, 1.54) is 0 Å². The molecule has 0 aliphatic carbocycles. The third-order valence-electron chi connectivity index (χ3n) is 2.89. The fourth-order valence-corrected chi connectivity index (χ4v) is 2.66. The minimum absolute atomic E-state index is 0.0654. The largest absolute Gasteiger partial charge is 0.490 e. The van der Waals surface area contributed by atoms with Gasteiger partial charge in [-0.2, -0.15) is 0 Å². The number of halogens is 1. The van der Waals surface area contributed by atoms with Gasteiger partial charge in [-0.25, -0.2) is 0 Å². The highest BCUT2D eigenvalue weighted by atomic mass is 79.9. The van der Waals surface area contributed by atoms with Crippen LogP contribution < -0.4 is 10.5 Å². The van der Waals surface area contributed by atoms with Gasteiger partial charge < -0.3 is 15.6 Å². The van der Waals surface area contributed by atoms with Gasteiger partial charge in [0.05, 0.1) is 5.92 Å². The molecule has 2 atom stereocenters. The molecule has 0 aromatic heterocycles. The first kappa shape index (κ1) is 12.4. The molecule has 0 saturated heterocycles. The van der Waals surface area contributed by atoms with Gasteiger partial charge in [0.2, 0.25) is 0 Å². The molecule has 0 fully saturated rings. The standard InChI is InChI=1S/C12H14BrNO3/c1-6-2-7-3-8(13)4-9(11(7)17-6)10(5-14)12(15)16/h3-4,6,10H,2,5,14H2,1H3,(H,15,16). The third-order valence-corrected chi connectivity index (χ3v) is 3.35. The van der Waals surface area contributed by atoms with Gasteiger partial charge in [-0.3, -0.25) is 4.79 Å². The van der Waals surface area contributed by atoms with Crippen molar-refractivity contribution in [2.75, 3.05) is 6.54 Å². The highest BCUT2D eigenvalue weighted by Gasteiger charge is 2.29. The number of carbonyl (C=O) groups is 1. The number of carboxylic acid groups (broad SMARTS) is 1. The molecule has 1 aromatic rings. The van der Waals surface area contributed by atoms with Crippen molar-refractivity contribution in [2.45, 2.75) is 25.4 Å². The Morgan fingerprint density at radius 2 is 2.41 bits per heavy atom. The van der Waals surface area contributed by atoms with Crippen molar-refractivity contribution in [3.05, 3.63) is 27.7 Å². The number of ether oxygens (including phenoxy) is 1. The van der Waals surface area contributed by atoms with Crippen LogP contribution >= 0.6 is 15.9 Å². The molecule has 2 unspecified atom stereocenters. The Labute approximate surface area is 108 Å². The van der Waals surface area contributed by atoms with Crippen LogP contribution in [-0.4, -0.2) is 23.7 Å². The first-order chi connectivity index (χ1) is 8.02. The molecule has 1 aliphatic heterocycles. The highest BCUT2D eigenvalue weighted by Crippen LogP contribution is 2.38. The van der Waals surface area contributed by atoms with Crippen molar-refractivity contribution in [2.24, 2.45) is 5.73 Å². The topological polar surface area (TPSA) is 72.6 Å². The second kappa shape index (κ2) is 4.66. The molecule has 0 radical (unpaired) electrons. The smallest absolute Gasteiger partial charge is 0.312 e. The van der Waals surface area contributed by atoms with Crippen molar-refractivity contribution in [3.63, 3.8) is 0 Å². The SMILES string of the molecule is CC1Cc2cc(Br)cc(C(CN)C(=O)O)c2O1. The van der Waals surface area contributed by atoms with Gasteiger partial charge >= 0.3 is 5.97 Å². The van der Waals surface area contributed by atoms with Gasteiger partial charge in [-0.15, -0.1) is 0 Å². The maximum Gasteiger partial charge on any atom is 0.312 e. The average molecular weight is 300 g/mol. The summed E-state index contributed by atoms with van der Waals surface area (Å²) in [5.74, 6) is -0.943. The van der Waals surface area contributed by atoms with Gasteiger partial charge in [0, 0.05) is 23.0 Å². The summed E-state index contributed by atoms with van der Waals surface area (Å²) in [6.07, 6.45) is 0.892. The molecule has 2 rings (SSSR count). The molecule has 17 heavy (non-hydrogen) atoms. The van der Waals surface area contributed by atoms with Crippen LogP contribution in [0.3, 0.4) is 0 Å². The minimum Gasteiger partial charge on any atom is -0.490 e. The van der Waals surface area contributed by atoms with Gasteiger partial charge in [0.15, 0.2) is 0 Å². The van der Waals surface area contributed by atoms with Crippen molar-refractivity contribution in [1.82, 2.24) is 0 Å². The van der Waals surface area contributed by atoms with E-state index in [1.54, 1.807) is 6.07 Å². The summed E-state index contributed by atoms with van der Waals surface area (Å²) < 4.78 is 6.55. The molecule has 4 nitrogen and oxygen atoms in total. The van der Waals surface area contributed by atoms with Crippen LogP contribution in [0.5, 0.6) is 5.75 Å². The Bertz CT molecular complexity index is 461. The van der Waals surface area contributed by atoms with E-state index in [0.29, 0.717) is 11.3 Å². The van der Waals surface area contributed by atoms with Crippen LogP contribution in [0, 0.1) is 0 Å². The Morgan fingerprint density at radius 1 is 1.71 bits per heavy atom. The molecule has 92 valence electrons. The lowest BCUT2D eigenvalue weighted by atomic mass is 9.96. The lowest BCUT2D eigenvalue weighted by molar-refractivity contribution is -0.138. The Morgan fingerprint density at radius 3 is 3.00 bits per heavy atom. The van der Waals surface area contributed by atoms with E-state index in [0.717, 1.165) is 16.5 Å². The van der Waals surface area contributed by atoms with E-state index in [4.69, 9.17) is 15.6 Å². The second-order valence-electron chi connectivity index (χ2n) is 4.24. The zero-order chi connectivity index (χ0) is 12.6. The lowest BCUT2D eigenvalue weighted by Crippen LogP contribution is -2.22. The molecule has 0 spiro atoms. The first-order valence-corrected chi connectivity index (χ1v) is 6.24. The zero-order valence-corrected chi connectivity index (χ0v) is 11.0. The molecule has 0 bridgehead atoms. The molecule has 0 amide bonds. The van der Waals surface area contributed by atoms with Gasteiger partial charge in [-0.05, 0) is 24.6 Å². The number of hydrogen-bond acceptors (Lipinski definition) is 3. The van der Waals surface area contributed by atoms with Crippen molar-refractivity contribution in [1.29, 1.82) is 0 Å². The number of nitrogens with two attached hydrogens (primary N) is 1. The number of aliphatic carboxylic acids is 1. The van der Waals surface area contributed by atoms with Gasteiger partial charge in [0.25, 0.3) is 0 Å². The number of hydrogen-bond donors (Lipinski definition) is 2. The summed E-state index contributed by atoms with van der Waals surface area (Å²) in [4.78, 5) is 11.2. The quantitative estimate of drug-likeness (QED) is 0.894. The second-order valence-corrected chi connectivity index (χ2v) is 5.16. The highest BCUT2D eigenvalue weighted by molar-refractivity contribution is 9.10. The predicted octanol–water partition coefficient (Wildman–Crippen LogP) is 1.90. The summed E-state index contributed by atoms with van der Waals surface area (Å²) >= 11 is 3.39. The Hall–Kier alpha value is -1.07. The van der Waals surface area contributed by atoms with Crippen molar-refractivity contribution in [3.8, 4) is 5.75 Å². The molecular weight excluding hydrogens is 286 g/mol. The van der Waals surface area contributed by atoms with Crippen LogP contribution in [-0.2, 0) is 11.2 Å². The van der Waals surface area contributed by atoms with Gasteiger partial charge in [0.1, 0.15) is 11.9 Å². The van der Waals surface area contributed by atoms with E-state index in [9.17, 15) is 4.79 Å². The molecule has 5 heteroatoms. The van der Waals surface area contributed by atoms with E-state index in [1.807, 2.05) is 13.0 Å². The summed E-state index contributed by atoms with van der Waals surface area (Å²) in [6, 6.07) is 3.75. The van der Waals surface area contributed by atoms with E-state index < -0.39 is 11.9 Å². The zero-order valence-electron chi connectivity index (χ0n) is 9.44. The van der Waals surface area contributed by atoms with Crippen molar-refractivity contribution >= 4 is 21.9 Å². The number of carboxylic acids is 1. The number of rotatable bonds is 3. The van der Waals surface area contributed by atoms with Crippen LogP contribution in [0.15, 0.2) is 16.6 Å². The molecular formula is C12H14BrNO3. The number of benzene rings is 1. The van der Waals surface area contributed by atoms with Gasteiger partial charge in [-0.1, -0.05) is 15.9 Å². The predicted molar refractivity (Wildman–Crippen MR) is 67.4 cm³/mol. The Kier molecular flexibility index (Phi) is 3.40. The summed E-state index contributed by atoms with van der Waals surface area (Å²) in [6.45, 7) is 2.03. The van der Waals surface area contributed by atoms with Crippen LogP contribution in [0.2, 0.25) is 0 Å². The summed E-state index contributed by atoms with van der Waals surface area (Å²) in [5.41, 5.74) is 7.24. The molecule has 3 N–H and O–H groups in total. The molecule has 1 aliphatic rings. The normalized spacial score (nSPS) is 19.6. The average Bonchev–Trinajstić information content (AvgIpc) is 2.58. The fraction of sp³-hybridized carbons (Fsp3) is 0.417. The van der Waals surface area contributed by atoms with Crippen LogP contribution in [0.25, 0.3) is 0 Å². The first-order valence-electron chi connectivity index (χ1n) is 5.44. The molecule has 0 saturated carbocycles. The molecule has 1 heterocycles. The van der Waals surface area contributed by atoms with Crippen LogP contribution in [0.1, 0.15) is 24.0 Å². The van der Waals surface area contributed by atoms with Crippen LogP contribution in [0.4, 0.5) is 0 Å². The monoisotopic (exact) mass is 299 g/mol. The maximum absolute atomic E-state index is 11.2. The Balaban J connectivity index is 2.51. The van der Waals surface area contributed by atoms with E-state index in [2.05, 4.69) is 15.9 Å². The van der Waals surface area contributed by atoms with Crippen molar-refractivity contribution < 1.29 is 14.6 Å². The third kappa shape index (κ3) is 2.30. The molecule has 1 aromatic carbocycles. The lowest BCUT2D eigenvalue weighted by Gasteiger charge is -2.15. The fourth-order valence-electron chi connectivity index (χ4n) is 2.14. The summed E-state index contributed by atoms with van der Waals surface area (Å²) in [5, 5.41) is 9.16. The van der Waals surface area contributed by atoms with E-state index in [-0.39, 0.29) is 12.6 Å². The summed E-state index contributed by atoms with van der Waals surface area (Å²) in [7, 11) is 0. The van der Waals surface area contributed by atoms with E-state index >= 15 is 0 Å². The maximum atomic E-state index is 11.2. The minimum atomic E-state index is -0.920.